The van der Waals surface area contributed by atoms with Crippen LogP contribution >= 0.6 is 0 Å². The van der Waals surface area contributed by atoms with Crippen molar-refractivity contribution in [1.29, 1.82) is 0 Å². The lowest BCUT2D eigenvalue weighted by atomic mass is 10.2. The Kier molecular flexibility index (Phi) is 5.84. The number of carbonyl (C=O) groups excluding carboxylic acids is 1. The largest absolute Gasteiger partial charge is 0.376 e. The van der Waals surface area contributed by atoms with Crippen molar-refractivity contribution in [3.63, 3.8) is 0 Å². The lowest BCUT2D eigenvalue weighted by Gasteiger charge is -2.24. The van der Waals surface area contributed by atoms with Crippen molar-refractivity contribution in [2.75, 3.05) is 20.2 Å². The molecule has 2 heterocycles. The zero-order valence-corrected chi connectivity index (χ0v) is 12.8. The molecule has 0 aromatic carbocycles. The van der Waals surface area contributed by atoms with E-state index in [0.717, 1.165) is 24.0 Å². The molecule has 0 saturated carbocycles. The number of halogens is 2. The Morgan fingerprint density at radius 1 is 1.64 bits per heavy atom. The van der Waals surface area contributed by atoms with E-state index < -0.39 is 12.6 Å². The Hall–Kier alpha value is -1.54. The first-order valence-electron chi connectivity index (χ1n) is 7.38. The Balaban J connectivity index is 1.83. The predicted molar refractivity (Wildman–Crippen MR) is 76.4 cm³/mol. The van der Waals surface area contributed by atoms with E-state index in [1.807, 2.05) is 0 Å². The van der Waals surface area contributed by atoms with Crippen LogP contribution in [-0.4, -0.2) is 52.7 Å². The molecule has 1 aliphatic heterocycles. The fourth-order valence-corrected chi connectivity index (χ4v) is 2.37. The van der Waals surface area contributed by atoms with E-state index >= 15 is 0 Å². The third-order valence-corrected chi connectivity index (χ3v) is 3.92. The number of rotatable bonds is 7. The molecule has 1 aromatic rings. The summed E-state index contributed by atoms with van der Waals surface area (Å²) in [7, 11) is 1.71. The normalized spacial score (nSPS) is 19.8. The zero-order valence-electron chi connectivity index (χ0n) is 12.8. The zero-order chi connectivity index (χ0) is 16.1. The van der Waals surface area contributed by atoms with Crippen LogP contribution in [0.3, 0.4) is 0 Å². The highest BCUT2D eigenvalue weighted by Gasteiger charge is 2.22. The van der Waals surface area contributed by atoms with Gasteiger partial charge in [0, 0.05) is 25.5 Å². The van der Waals surface area contributed by atoms with Crippen LogP contribution in [0, 0.1) is 0 Å². The summed E-state index contributed by atoms with van der Waals surface area (Å²) in [5.41, 5.74) is 0. The van der Waals surface area contributed by atoms with Crippen molar-refractivity contribution < 1.29 is 18.3 Å². The molecule has 1 amide bonds. The molecule has 6 nitrogen and oxygen atoms in total. The summed E-state index contributed by atoms with van der Waals surface area (Å²) in [5, 5.41) is 2.84. The highest BCUT2D eigenvalue weighted by molar-refractivity contribution is 5.81. The molecule has 0 spiro atoms. The second kappa shape index (κ2) is 7.64. The summed E-state index contributed by atoms with van der Waals surface area (Å²) < 4.78 is 31.8. The first-order chi connectivity index (χ1) is 10.5. The second-order valence-electron chi connectivity index (χ2n) is 5.50. The maximum absolute atomic E-state index is 12.8. The number of alkyl halides is 2. The van der Waals surface area contributed by atoms with E-state index in [4.69, 9.17) is 4.74 Å². The van der Waals surface area contributed by atoms with Crippen LogP contribution in [0.5, 0.6) is 0 Å². The third-order valence-electron chi connectivity index (χ3n) is 3.92. The topological polar surface area (TPSA) is 59.4 Å². The predicted octanol–water partition coefficient (Wildman–Crippen LogP) is 1.39. The number of nitrogens with zero attached hydrogens (tertiary/aromatic N) is 3. The molecule has 1 N–H and O–H groups in total. The first kappa shape index (κ1) is 16.8. The van der Waals surface area contributed by atoms with E-state index in [9.17, 15) is 13.6 Å². The van der Waals surface area contributed by atoms with Gasteiger partial charge in [-0.3, -0.25) is 14.3 Å². The number of hydrogen-bond donors (Lipinski definition) is 1. The van der Waals surface area contributed by atoms with Gasteiger partial charge in [0.2, 0.25) is 5.91 Å². The summed E-state index contributed by atoms with van der Waals surface area (Å²) >= 11 is 0. The summed E-state index contributed by atoms with van der Waals surface area (Å²) in [4.78, 5) is 17.7. The monoisotopic (exact) mass is 316 g/mol. The quantitative estimate of drug-likeness (QED) is 0.826. The van der Waals surface area contributed by atoms with E-state index in [2.05, 4.69) is 10.3 Å². The van der Waals surface area contributed by atoms with E-state index in [1.54, 1.807) is 18.9 Å². The maximum Gasteiger partial charge on any atom is 0.319 e. The highest BCUT2D eigenvalue weighted by Crippen LogP contribution is 2.14. The molecule has 8 heteroatoms. The lowest BCUT2D eigenvalue weighted by molar-refractivity contribution is -0.126. The van der Waals surface area contributed by atoms with Crippen molar-refractivity contribution in [2.24, 2.45) is 0 Å². The fourth-order valence-electron chi connectivity index (χ4n) is 2.37. The maximum atomic E-state index is 12.8. The smallest absolute Gasteiger partial charge is 0.319 e. The summed E-state index contributed by atoms with van der Waals surface area (Å²) in [6.07, 6.45) is 4.62. The van der Waals surface area contributed by atoms with Crippen LogP contribution in [0.4, 0.5) is 8.78 Å². The van der Waals surface area contributed by atoms with Crippen LogP contribution in [0.15, 0.2) is 12.4 Å². The van der Waals surface area contributed by atoms with Gasteiger partial charge in [-0.1, -0.05) is 0 Å². The number of carbonyl (C=O) groups is 1. The average Bonchev–Trinajstić information content (AvgIpc) is 3.14. The summed E-state index contributed by atoms with van der Waals surface area (Å²) in [5.74, 6) is 0.0874. The molecule has 2 atom stereocenters. The second-order valence-corrected chi connectivity index (χ2v) is 5.50. The summed E-state index contributed by atoms with van der Waals surface area (Å²) in [6, 6.07) is -0.441. The fraction of sp³-hybridized carbons (Fsp3) is 0.714. The van der Waals surface area contributed by atoms with E-state index in [1.165, 1.54) is 12.4 Å². The number of imidazole rings is 1. The van der Waals surface area contributed by atoms with Crippen LogP contribution in [-0.2, 0) is 16.1 Å². The molecular formula is C14H22F2N4O2. The number of aromatic nitrogens is 2. The molecule has 1 fully saturated rings. The van der Waals surface area contributed by atoms with Crippen molar-refractivity contribution in [1.82, 2.24) is 19.8 Å². The van der Waals surface area contributed by atoms with Gasteiger partial charge in [-0.05, 0) is 26.8 Å². The van der Waals surface area contributed by atoms with Crippen LogP contribution in [0.1, 0.15) is 32.1 Å². The van der Waals surface area contributed by atoms with Gasteiger partial charge in [0.05, 0.1) is 18.7 Å². The van der Waals surface area contributed by atoms with Crippen molar-refractivity contribution in [3.8, 4) is 0 Å². The molecular weight excluding hydrogens is 294 g/mol. The molecule has 0 aliphatic carbocycles. The molecule has 2 unspecified atom stereocenters. The van der Waals surface area contributed by atoms with Gasteiger partial charge in [-0.2, -0.15) is 8.78 Å². The Morgan fingerprint density at radius 2 is 2.41 bits per heavy atom. The van der Waals surface area contributed by atoms with Gasteiger partial charge >= 0.3 is 6.55 Å². The third kappa shape index (κ3) is 4.23. The average molecular weight is 316 g/mol. The van der Waals surface area contributed by atoms with Gasteiger partial charge < -0.3 is 10.1 Å². The van der Waals surface area contributed by atoms with E-state index in [-0.39, 0.29) is 24.4 Å². The first-order valence-corrected chi connectivity index (χ1v) is 7.38. The number of nitrogens with one attached hydrogen (secondary N) is 1. The molecule has 1 saturated heterocycles. The number of hydrogen-bond acceptors (Lipinski definition) is 4. The molecule has 1 aromatic heterocycles. The van der Waals surface area contributed by atoms with E-state index in [0.29, 0.717) is 6.54 Å². The molecule has 0 bridgehead atoms. The Labute approximate surface area is 128 Å². The van der Waals surface area contributed by atoms with Crippen molar-refractivity contribution >= 4 is 5.91 Å². The molecule has 0 radical (unpaired) electrons. The molecule has 2 rings (SSSR count). The number of amides is 1. The van der Waals surface area contributed by atoms with Gasteiger partial charge in [0.1, 0.15) is 5.82 Å². The SMILES string of the molecule is CC(C(=O)NCC1CCCO1)N(C)Cc1nccn1C(F)F. The van der Waals surface area contributed by atoms with Crippen molar-refractivity contribution in [3.05, 3.63) is 18.2 Å². The minimum Gasteiger partial charge on any atom is -0.376 e. The molecule has 124 valence electrons. The van der Waals surface area contributed by atoms with Crippen molar-refractivity contribution in [2.45, 2.75) is 45.0 Å². The Morgan fingerprint density at radius 3 is 3.05 bits per heavy atom. The van der Waals surface area contributed by atoms with Gasteiger partial charge in [0.15, 0.2) is 0 Å². The number of ether oxygens (including phenoxy) is 1. The minimum absolute atomic E-state index is 0.0826. The molecule has 22 heavy (non-hydrogen) atoms. The van der Waals surface area contributed by atoms with Gasteiger partial charge in [-0.25, -0.2) is 4.98 Å². The highest BCUT2D eigenvalue weighted by atomic mass is 19.3. The van der Waals surface area contributed by atoms with Gasteiger partial charge in [0.25, 0.3) is 0 Å². The minimum atomic E-state index is -2.63. The summed E-state index contributed by atoms with van der Waals surface area (Å²) in [6.45, 7) is 0.510. The van der Waals surface area contributed by atoms with Crippen LogP contribution in [0.2, 0.25) is 0 Å². The Bertz CT molecular complexity index is 489. The standard InChI is InChI=1S/C14H22F2N4O2/c1-10(13(21)18-8-11-4-3-7-22-11)19(2)9-12-17-5-6-20(12)14(15)16/h5-6,10-11,14H,3-4,7-9H2,1-2H3,(H,18,21). The lowest BCUT2D eigenvalue weighted by Crippen LogP contribution is -2.45. The molecule has 1 aliphatic rings. The van der Waals surface area contributed by atoms with Gasteiger partial charge in [-0.15, -0.1) is 0 Å². The van der Waals surface area contributed by atoms with Crippen LogP contribution < -0.4 is 5.32 Å². The van der Waals surface area contributed by atoms with Crippen LogP contribution in [0.25, 0.3) is 0 Å². The number of likely N-dealkylation sites (N-methyl/N-ethyl adjacent to an activating group) is 1.